The quantitative estimate of drug-likeness (QED) is 0.670. The molecule has 5 heteroatoms. The molecular formula is C24H28N4O. The Hall–Kier alpha value is -2.92. The molecule has 0 aliphatic carbocycles. The fraction of sp³-hybridized carbons (Fsp3) is 0.333. The lowest BCUT2D eigenvalue weighted by Gasteiger charge is -2.34. The summed E-state index contributed by atoms with van der Waals surface area (Å²) in [6, 6.07) is 14.4. The van der Waals surface area contributed by atoms with E-state index in [0.29, 0.717) is 0 Å². The maximum absolute atomic E-state index is 13.3. The second-order valence-corrected chi connectivity index (χ2v) is 7.60. The van der Waals surface area contributed by atoms with E-state index >= 15 is 0 Å². The van der Waals surface area contributed by atoms with E-state index < -0.39 is 0 Å². The molecule has 150 valence electrons. The van der Waals surface area contributed by atoms with Gasteiger partial charge in [0.2, 0.25) is 0 Å². The summed E-state index contributed by atoms with van der Waals surface area (Å²) in [5.74, 6) is 0.0951. The molecule has 1 aliphatic rings. The second-order valence-electron chi connectivity index (χ2n) is 7.60. The van der Waals surface area contributed by atoms with E-state index in [9.17, 15) is 4.79 Å². The number of rotatable bonds is 5. The summed E-state index contributed by atoms with van der Waals surface area (Å²) in [4.78, 5) is 22.3. The van der Waals surface area contributed by atoms with Crippen LogP contribution in [0.15, 0.2) is 54.7 Å². The minimum atomic E-state index is 0.0951. The maximum atomic E-state index is 13.3. The molecule has 4 rings (SSSR count). The molecule has 1 fully saturated rings. The fourth-order valence-electron chi connectivity index (χ4n) is 3.85. The van der Waals surface area contributed by atoms with Crippen molar-refractivity contribution in [2.45, 2.75) is 20.3 Å². The van der Waals surface area contributed by atoms with Gasteiger partial charge in [-0.3, -0.25) is 14.1 Å². The molecule has 5 nitrogen and oxygen atoms in total. The number of hydrogen-bond acceptors (Lipinski definition) is 3. The molecule has 3 heterocycles. The van der Waals surface area contributed by atoms with E-state index in [0.717, 1.165) is 61.7 Å². The number of benzene rings is 1. The van der Waals surface area contributed by atoms with Crippen LogP contribution in [0.5, 0.6) is 0 Å². The molecule has 1 amide bonds. The smallest absolute Gasteiger partial charge is 0.272 e. The van der Waals surface area contributed by atoms with Gasteiger partial charge in [-0.05, 0) is 36.6 Å². The molecule has 0 N–H and O–H groups in total. The number of pyridine rings is 1. The highest BCUT2D eigenvalue weighted by atomic mass is 16.2. The SMILES string of the molecule is CCc1nc2cc(C)ccn2c1C(=O)N1CCN(C/C=C/c2ccccc2)CC1. The van der Waals surface area contributed by atoms with E-state index in [2.05, 4.69) is 53.2 Å². The van der Waals surface area contributed by atoms with Crippen molar-refractivity contribution < 1.29 is 4.79 Å². The molecule has 3 aromatic rings. The number of nitrogens with zero attached hydrogens (tertiary/aromatic N) is 4. The first-order valence-electron chi connectivity index (χ1n) is 10.4. The number of amides is 1. The third-order valence-corrected chi connectivity index (χ3v) is 5.52. The minimum Gasteiger partial charge on any atom is -0.335 e. The van der Waals surface area contributed by atoms with Gasteiger partial charge in [0.1, 0.15) is 11.3 Å². The molecule has 1 saturated heterocycles. The first-order chi connectivity index (χ1) is 14.2. The lowest BCUT2D eigenvalue weighted by molar-refractivity contribution is 0.0642. The normalized spacial score (nSPS) is 15.4. The highest BCUT2D eigenvalue weighted by Gasteiger charge is 2.26. The monoisotopic (exact) mass is 388 g/mol. The zero-order chi connectivity index (χ0) is 20.2. The van der Waals surface area contributed by atoms with Crippen molar-refractivity contribution in [3.05, 3.63) is 77.3 Å². The van der Waals surface area contributed by atoms with Crippen LogP contribution in [0, 0.1) is 6.92 Å². The van der Waals surface area contributed by atoms with Crippen LogP contribution in [0.1, 0.15) is 34.2 Å². The van der Waals surface area contributed by atoms with E-state index in [1.807, 2.05) is 40.6 Å². The molecular weight excluding hydrogens is 360 g/mol. The topological polar surface area (TPSA) is 40.9 Å². The van der Waals surface area contributed by atoms with Crippen LogP contribution in [-0.4, -0.2) is 57.8 Å². The van der Waals surface area contributed by atoms with Gasteiger partial charge in [0.15, 0.2) is 0 Å². The Morgan fingerprint density at radius 1 is 1.10 bits per heavy atom. The van der Waals surface area contributed by atoms with Crippen LogP contribution in [0.2, 0.25) is 0 Å². The first kappa shape index (κ1) is 19.4. The summed E-state index contributed by atoms with van der Waals surface area (Å²) < 4.78 is 1.95. The molecule has 0 atom stereocenters. The molecule has 29 heavy (non-hydrogen) atoms. The largest absolute Gasteiger partial charge is 0.335 e. The molecule has 2 aromatic heterocycles. The number of aryl methyl sites for hydroxylation is 2. The predicted molar refractivity (Wildman–Crippen MR) is 117 cm³/mol. The standard InChI is InChI=1S/C24H28N4O/c1-3-21-23(28-13-11-19(2)18-22(28)25-21)24(29)27-16-14-26(15-17-27)12-7-10-20-8-5-4-6-9-20/h4-11,13,18H,3,12,14-17H2,1-2H3/b10-7+. The van der Waals surface area contributed by atoms with E-state index in [1.54, 1.807) is 0 Å². The van der Waals surface area contributed by atoms with Crippen molar-refractivity contribution in [1.82, 2.24) is 19.2 Å². The van der Waals surface area contributed by atoms with Crippen molar-refractivity contribution in [2.75, 3.05) is 32.7 Å². The highest BCUT2D eigenvalue weighted by molar-refractivity contribution is 5.95. The number of hydrogen-bond donors (Lipinski definition) is 0. The van der Waals surface area contributed by atoms with Gasteiger partial charge >= 0.3 is 0 Å². The number of carbonyl (C=O) groups excluding carboxylic acids is 1. The van der Waals surface area contributed by atoms with Gasteiger partial charge in [-0.25, -0.2) is 4.98 Å². The second kappa shape index (κ2) is 8.62. The Bertz CT molecular complexity index is 1010. The molecule has 0 radical (unpaired) electrons. The highest BCUT2D eigenvalue weighted by Crippen LogP contribution is 2.18. The van der Waals surface area contributed by atoms with Crippen LogP contribution in [0.3, 0.4) is 0 Å². The Morgan fingerprint density at radius 3 is 2.59 bits per heavy atom. The summed E-state index contributed by atoms with van der Waals surface area (Å²) >= 11 is 0. The van der Waals surface area contributed by atoms with Gasteiger partial charge in [0.05, 0.1) is 5.69 Å². The van der Waals surface area contributed by atoms with Gasteiger partial charge in [-0.15, -0.1) is 0 Å². The van der Waals surface area contributed by atoms with Crippen LogP contribution >= 0.6 is 0 Å². The van der Waals surface area contributed by atoms with Gasteiger partial charge in [-0.2, -0.15) is 0 Å². The number of aromatic nitrogens is 2. The third-order valence-electron chi connectivity index (χ3n) is 5.52. The Morgan fingerprint density at radius 2 is 1.86 bits per heavy atom. The summed E-state index contributed by atoms with van der Waals surface area (Å²) in [6.45, 7) is 8.30. The zero-order valence-corrected chi connectivity index (χ0v) is 17.2. The van der Waals surface area contributed by atoms with Gasteiger partial charge < -0.3 is 4.90 Å². The summed E-state index contributed by atoms with van der Waals surface area (Å²) in [5.41, 5.74) is 4.83. The van der Waals surface area contributed by atoms with Crippen molar-refractivity contribution in [1.29, 1.82) is 0 Å². The molecule has 0 bridgehead atoms. The number of carbonyl (C=O) groups is 1. The van der Waals surface area contributed by atoms with Gasteiger partial charge in [-0.1, -0.05) is 49.4 Å². The van der Waals surface area contributed by atoms with Crippen LogP contribution in [0.4, 0.5) is 0 Å². The Kier molecular flexibility index (Phi) is 5.76. The average Bonchev–Trinajstić information content (AvgIpc) is 3.12. The van der Waals surface area contributed by atoms with E-state index in [1.165, 1.54) is 5.56 Å². The van der Waals surface area contributed by atoms with Crippen molar-refractivity contribution in [2.24, 2.45) is 0 Å². The summed E-state index contributed by atoms with van der Waals surface area (Å²) in [5, 5.41) is 0. The number of piperazine rings is 1. The molecule has 0 spiro atoms. The first-order valence-corrected chi connectivity index (χ1v) is 10.4. The van der Waals surface area contributed by atoms with Crippen LogP contribution in [0.25, 0.3) is 11.7 Å². The van der Waals surface area contributed by atoms with Crippen molar-refractivity contribution in [3.8, 4) is 0 Å². The Labute approximate surface area is 172 Å². The molecule has 0 saturated carbocycles. The van der Waals surface area contributed by atoms with E-state index in [-0.39, 0.29) is 5.91 Å². The number of imidazole rings is 1. The van der Waals surface area contributed by atoms with Crippen LogP contribution in [-0.2, 0) is 6.42 Å². The lowest BCUT2D eigenvalue weighted by atomic mass is 10.2. The predicted octanol–water partition coefficient (Wildman–Crippen LogP) is 3.68. The Balaban J connectivity index is 1.40. The summed E-state index contributed by atoms with van der Waals surface area (Å²) in [6.07, 6.45) is 7.08. The number of fused-ring (bicyclic) bond motifs is 1. The van der Waals surface area contributed by atoms with E-state index in [4.69, 9.17) is 0 Å². The summed E-state index contributed by atoms with van der Waals surface area (Å²) in [7, 11) is 0. The average molecular weight is 389 g/mol. The fourth-order valence-corrected chi connectivity index (χ4v) is 3.85. The maximum Gasteiger partial charge on any atom is 0.272 e. The van der Waals surface area contributed by atoms with Crippen molar-refractivity contribution >= 4 is 17.6 Å². The minimum absolute atomic E-state index is 0.0951. The van der Waals surface area contributed by atoms with Crippen LogP contribution < -0.4 is 0 Å². The van der Waals surface area contributed by atoms with Gasteiger partial charge in [0, 0.05) is 38.9 Å². The molecule has 1 aromatic carbocycles. The molecule has 0 unspecified atom stereocenters. The molecule has 1 aliphatic heterocycles. The van der Waals surface area contributed by atoms with Crippen molar-refractivity contribution in [3.63, 3.8) is 0 Å². The third kappa shape index (κ3) is 4.25. The lowest BCUT2D eigenvalue weighted by Crippen LogP contribution is -2.49. The van der Waals surface area contributed by atoms with Gasteiger partial charge in [0.25, 0.3) is 5.91 Å². The zero-order valence-electron chi connectivity index (χ0n) is 17.2.